The molecule has 21 heavy (non-hydrogen) atoms. The molecule has 2 heterocycles. The molecule has 0 bridgehead atoms. The van der Waals surface area contributed by atoms with Crippen LogP contribution in [0.5, 0.6) is 0 Å². The van der Waals surface area contributed by atoms with Crippen molar-refractivity contribution in [1.82, 2.24) is 15.1 Å². The van der Waals surface area contributed by atoms with Crippen molar-refractivity contribution >= 4 is 11.8 Å². The number of aromatic nitrogens is 2. The van der Waals surface area contributed by atoms with Crippen LogP contribution in [0.3, 0.4) is 0 Å². The maximum Gasteiger partial charge on any atom is 0.0694 e. The van der Waals surface area contributed by atoms with Crippen molar-refractivity contribution in [1.29, 1.82) is 0 Å². The van der Waals surface area contributed by atoms with Gasteiger partial charge in [0.15, 0.2) is 0 Å². The van der Waals surface area contributed by atoms with Crippen LogP contribution in [0.25, 0.3) is 0 Å². The summed E-state index contributed by atoms with van der Waals surface area (Å²) in [4.78, 5) is 1.43. The van der Waals surface area contributed by atoms with Crippen LogP contribution in [-0.2, 0) is 13.6 Å². The van der Waals surface area contributed by atoms with Crippen LogP contribution in [-0.4, -0.2) is 15.5 Å². The number of fused-ring (bicyclic) bond motifs is 1. The SMILES string of the molecule is CC(C)c1nn(C)cc1CN[C@@H]1CCSc2ccccc21. The van der Waals surface area contributed by atoms with Gasteiger partial charge in [-0.3, -0.25) is 4.68 Å². The number of nitrogens with one attached hydrogen (secondary N) is 1. The average Bonchev–Trinajstić information content (AvgIpc) is 2.86. The minimum Gasteiger partial charge on any atom is -0.306 e. The van der Waals surface area contributed by atoms with Crippen LogP contribution in [0.4, 0.5) is 0 Å². The number of nitrogens with zero attached hydrogens (tertiary/aromatic N) is 2. The molecular formula is C17H23N3S. The van der Waals surface area contributed by atoms with Gasteiger partial charge in [-0.05, 0) is 29.7 Å². The molecule has 0 fully saturated rings. The first-order valence-corrected chi connectivity index (χ1v) is 8.61. The van der Waals surface area contributed by atoms with E-state index in [1.54, 1.807) is 0 Å². The predicted octanol–water partition coefficient (Wildman–Crippen LogP) is 3.87. The zero-order valence-electron chi connectivity index (χ0n) is 13.0. The summed E-state index contributed by atoms with van der Waals surface area (Å²) in [6.45, 7) is 5.31. The van der Waals surface area contributed by atoms with Crippen LogP contribution < -0.4 is 5.32 Å². The molecule has 0 saturated heterocycles. The van der Waals surface area contributed by atoms with E-state index in [1.807, 2.05) is 23.5 Å². The predicted molar refractivity (Wildman–Crippen MR) is 88.7 cm³/mol. The first-order chi connectivity index (χ1) is 10.1. The van der Waals surface area contributed by atoms with Gasteiger partial charge in [0.1, 0.15) is 0 Å². The van der Waals surface area contributed by atoms with Crippen molar-refractivity contribution < 1.29 is 0 Å². The Morgan fingerprint density at radius 2 is 2.19 bits per heavy atom. The molecule has 0 aliphatic carbocycles. The van der Waals surface area contributed by atoms with Gasteiger partial charge in [0.25, 0.3) is 0 Å². The third-order valence-corrected chi connectivity index (χ3v) is 5.10. The topological polar surface area (TPSA) is 29.9 Å². The number of benzene rings is 1. The van der Waals surface area contributed by atoms with E-state index in [-0.39, 0.29) is 0 Å². The van der Waals surface area contributed by atoms with Gasteiger partial charge in [-0.25, -0.2) is 0 Å². The lowest BCUT2D eigenvalue weighted by atomic mass is 10.0. The third-order valence-electron chi connectivity index (χ3n) is 3.98. The molecule has 4 heteroatoms. The normalized spacial score (nSPS) is 18.0. The highest BCUT2D eigenvalue weighted by atomic mass is 32.2. The smallest absolute Gasteiger partial charge is 0.0694 e. The van der Waals surface area contributed by atoms with E-state index in [0.717, 1.165) is 6.54 Å². The van der Waals surface area contributed by atoms with Gasteiger partial charge in [-0.1, -0.05) is 32.0 Å². The Bertz CT molecular complexity index is 618. The molecule has 3 rings (SSSR count). The van der Waals surface area contributed by atoms with Crippen molar-refractivity contribution in [3.05, 3.63) is 47.3 Å². The van der Waals surface area contributed by atoms with Crippen LogP contribution >= 0.6 is 11.8 Å². The van der Waals surface area contributed by atoms with E-state index < -0.39 is 0 Å². The molecule has 3 nitrogen and oxygen atoms in total. The molecule has 1 atom stereocenters. The van der Waals surface area contributed by atoms with E-state index >= 15 is 0 Å². The summed E-state index contributed by atoms with van der Waals surface area (Å²) < 4.78 is 1.93. The highest BCUT2D eigenvalue weighted by Crippen LogP contribution is 2.36. The first-order valence-electron chi connectivity index (χ1n) is 7.62. The monoisotopic (exact) mass is 301 g/mol. The van der Waals surface area contributed by atoms with Gasteiger partial charge in [-0.2, -0.15) is 5.10 Å². The van der Waals surface area contributed by atoms with Gasteiger partial charge in [0.05, 0.1) is 5.69 Å². The maximum atomic E-state index is 4.59. The van der Waals surface area contributed by atoms with Crippen LogP contribution in [0.2, 0.25) is 0 Å². The van der Waals surface area contributed by atoms with E-state index in [4.69, 9.17) is 0 Å². The summed E-state index contributed by atoms with van der Waals surface area (Å²) in [7, 11) is 2.00. The summed E-state index contributed by atoms with van der Waals surface area (Å²) in [6, 6.07) is 9.22. The summed E-state index contributed by atoms with van der Waals surface area (Å²) in [6.07, 6.45) is 3.34. The van der Waals surface area contributed by atoms with Gasteiger partial charge in [-0.15, -0.1) is 11.8 Å². The summed E-state index contributed by atoms with van der Waals surface area (Å²) in [5, 5.41) is 8.33. The Balaban J connectivity index is 1.74. The molecule has 1 aliphatic rings. The number of hydrogen-bond acceptors (Lipinski definition) is 3. The molecule has 1 N–H and O–H groups in total. The zero-order valence-corrected chi connectivity index (χ0v) is 13.8. The van der Waals surface area contributed by atoms with Gasteiger partial charge in [0.2, 0.25) is 0 Å². The van der Waals surface area contributed by atoms with Crippen LogP contribution in [0.1, 0.15) is 49.0 Å². The van der Waals surface area contributed by atoms with E-state index in [9.17, 15) is 0 Å². The number of aryl methyl sites for hydroxylation is 1. The van der Waals surface area contributed by atoms with Crippen LogP contribution in [0.15, 0.2) is 35.4 Å². The molecule has 0 spiro atoms. The number of hydrogen-bond donors (Lipinski definition) is 1. The van der Waals surface area contributed by atoms with Crippen LogP contribution in [0, 0.1) is 0 Å². The van der Waals surface area contributed by atoms with E-state index in [0.29, 0.717) is 12.0 Å². The zero-order chi connectivity index (χ0) is 14.8. The molecule has 112 valence electrons. The molecule has 0 saturated carbocycles. The molecule has 0 radical (unpaired) electrons. The van der Waals surface area contributed by atoms with Crippen molar-refractivity contribution in [2.24, 2.45) is 7.05 Å². The summed E-state index contributed by atoms with van der Waals surface area (Å²) in [5.41, 5.74) is 3.98. The fraction of sp³-hybridized carbons (Fsp3) is 0.471. The Morgan fingerprint density at radius 1 is 1.38 bits per heavy atom. The fourth-order valence-electron chi connectivity index (χ4n) is 2.96. The second kappa shape index (κ2) is 6.24. The Hall–Kier alpha value is -1.26. The fourth-order valence-corrected chi connectivity index (χ4v) is 4.09. The maximum absolute atomic E-state index is 4.59. The Kier molecular flexibility index (Phi) is 4.36. The standard InChI is InChI=1S/C17H23N3S/c1-12(2)17-13(11-20(3)19-17)10-18-15-8-9-21-16-7-5-4-6-14(15)16/h4-7,11-12,15,18H,8-10H2,1-3H3/t15-/m1/s1. The van der Waals surface area contributed by atoms with Gasteiger partial charge >= 0.3 is 0 Å². The lowest BCUT2D eigenvalue weighted by Crippen LogP contribution is -2.24. The van der Waals surface area contributed by atoms with Crippen molar-refractivity contribution in [2.45, 2.75) is 43.7 Å². The van der Waals surface area contributed by atoms with E-state index in [1.165, 1.54) is 33.9 Å². The van der Waals surface area contributed by atoms with Gasteiger partial charge in [0, 0.05) is 36.3 Å². The largest absolute Gasteiger partial charge is 0.306 e. The number of thioether (sulfide) groups is 1. The Labute approximate surface area is 131 Å². The highest BCUT2D eigenvalue weighted by Gasteiger charge is 2.20. The number of rotatable bonds is 4. The minimum absolute atomic E-state index is 0.461. The molecule has 1 aliphatic heterocycles. The molecule has 1 aromatic carbocycles. The lowest BCUT2D eigenvalue weighted by Gasteiger charge is -2.26. The molecule has 1 aromatic heterocycles. The second-order valence-electron chi connectivity index (χ2n) is 5.98. The van der Waals surface area contributed by atoms with Crippen molar-refractivity contribution in [2.75, 3.05) is 5.75 Å². The summed E-state index contributed by atoms with van der Waals surface area (Å²) in [5.74, 6) is 1.66. The quantitative estimate of drug-likeness (QED) is 0.929. The molecule has 2 aromatic rings. The third kappa shape index (κ3) is 3.16. The Morgan fingerprint density at radius 3 is 3.00 bits per heavy atom. The first kappa shape index (κ1) is 14.7. The lowest BCUT2D eigenvalue weighted by molar-refractivity contribution is 0.507. The minimum atomic E-state index is 0.461. The highest BCUT2D eigenvalue weighted by molar-refractivity contribution is 7.99. The average molecular weight is 301 g/mol. The molecular weight excluding hydrogens is 278 g/mol. The van der Waals surface area contributed by atoms with E-state index in [2.05, 4.69) is 54.7 Å². The van der Waals surface area contributed by atoms with Crippen molar-refractivity contribution in [3.8, 4) is 0 Å². The van der Waals surface area contributed by atoms with Gasteiger partial charge < -0.3 is 5.32 Å². The molecule has 0 unspecified atom stereocenters. The molecule has 0 amide bonds. The van der Waals surface area contributed by atoms with Crippen molar-refractivity contribution in [3.63, 3.8) is 0 Å². The summed E-state index contributed by atoms with van der Waals surface area (Å²) >= 11 is 1.97. The second-order valence-corrected chi connectivity index (χ2v) is 7.11.